The maximum absolute atomic E-state index is 13.0. The second kappa shape index (κ2) is 9.24. The number of hydrogen-bond acceptors (Lipinski definition) is 5. The first-order valence-electron chi connectivity index (χ1n) is 9.55. The molecule has 1 amide bonds. The van der Waals surface area contributed by atoms with Gasteiger partial charge in [-0.1, -0.05) is 17.7 Å². The molecule has 1 aliphatic heterocycles. The molecule has 7 nitrogen and oxygen atoms in total. The number of benzene rings is 2. The number of nitrogens with two attached hydrogens (primary N) is 1. The highest BCUT2D eigenvalue weighted by molar-refractivity contribution is 7.89. The molecule has 0 saturated carbocycles. The van der Waals surface area contributed by atoms with E-state index in [0.717, 1.165) is 0 Å². The van der Waals surface area contributed by atoms with Gasteiger partial charge in [-0.05, 0) is 49.2 Å². The lowest BCUT2D eigenvalue weighted by molar-refractivity contribution is -0.121. The molecule has 0 atom stereocenters. The SMILES string of the molecule is COc1cccc(S(=O)(=O)N2CCC(COc3ccc(Cl)cc3)(CC(N)=O)CC2)c1. The quantitative estimate of drug-likeness (QED) is 0.663. The fourth-order valence-electron chi connectivity index (χ4n) is 3.62. The largest absolute Gasteiger partial charge is 0.497 e. The third-order valence-corrected chi connectivity index (χ3v) is 7.52. The van der Waals surface area contributed by atoms with Gasteiger partial charge in [0.05, 0.1) is 18.6 Å². The summed E-state index contributed by atoms with van der Waals surface area (Å²) in [4.78, 5) is 11.9. The van der Waals surface area contributed by atoms with Crippen LogP contribution in [0, 0.1) is 5.41 Å². The van der Waals surface area contributed by atoms with Crippen molar-refractivity contribution in [2.75, 3.05) is 26.8 Å². The van der Waals surface area contributed by atoms with Crippen LogP contribution in [-0.2, 0) is 14.8 Å². The highest BCUT2D eigenvalue weighted by Crippen LogP contribution is 2.37. The second-order valence-corrected chi connectivity index (χ2v) is 9.84. The summed E-state index contributed by atoms with van der Waals surface area (Å²) in [6.07, 6.45) is 1.06. The normalized spacial score (nSPS) is 16.7. The Morgan fingerprint density at radius 1 is 1.13 bits per heavy atom. The standard InChI is InChI=1S/C21H25ClN2O5S/c1-28-18-3-2-4-19(13-18)30(26,27)24-11-9-21(10-12-24,14-20(23)25)15-29-17-7-5-16(22)6-8-17/h2-8,13H,9-12,14-15H2,1H3,(H2,23,25). The van der Waals surface area contributed by atoms with Crippen LogP contribution in [0.3, 0.4) is 0 Å². The molecule has 162 valence electrons. The molecule has 1 heterocycles. The van der Waals surface area contributed by atoms with E-state index in [1.807, 2.05) is 0 Å². The van der Waals surface area contributed by atoms with E-state index in [0.29, 0.717) is 29.4 Å². The van der Waals surface area contributed by atoms with Gasteiger partial charge in [-0.15, -0.1) is 0 Å². The van der Waals surface area contributed by atoms with Crippen LogP contribution in [0.15, 0.2) is 53.4 Å². The first-order valence-corrected chi connectivity index (χ1v) is 11.4. The summed E-state index contributed by atoms with van der Waals surface area (Å²) in [6.45, 7) is 0.818. The molecule has 0 unspecified atom stereocenters. The number of sulfonamides is 1. The first-order chi connectivity index (χ1) is 14.2. The molecule has 2 aromatic carbocycles. The van der Waals surface area contributed by atoms with E-state index in [-0.39, 0.29) is 31.0 Å². The Morgan fingerprint density at radius 2 is 1.80 bits per heavy atom. The number of carbonyl (C=O) groups excluding carboxylic acids is 1. The predicted octanol–water partition coefficient (Wildman–Crippen LogP) is 3.07. The first kappa shape index (κ1) is 22.4. The summed E-state index contributed by atoms with van der Waals surface area (Å²) in [5.41, 5.74) is 4.96. The van der Waals surface area contributed by atoms with Crippen molar-refractivity contribution in [1.82, 2.24) is 4.31 Å². The number of methoxy groups -OCH3 is 1. The van der Waals surface area contributed by atoms with Gasteiger partial charge < -0.3 is 15.2 Å². The minimum absolute atomic E-state index is 0.133. The number of primary amides is 1. The van der Waals surface area contributed by atoms with Crippen LogP contribution < -0.4 is 15.2 Å². The summed E-state index contributed by atoms with van der Waals surface area (Å²) in [5, 5.41) is 0.602. The van der Waals surface area contributed by atoms with Gasteiger partial charge in [-0.25, -0.2) is 8.42 Å². The molecule has 9 heteroatoms. The average molecular weight is 453 g/mol. The van der Waals surface area contributed by atoms with Crippen molar-refractivity contribution in [1.29, 1.82) is 0 Å². The highest BCUT2D eigenvalue weighted by atomic mass is 35.5. The molecular formula is C21H25ClN2O5S. The Bertz CT molecular complexity index is 987. The number of amides is 1. The fraction of sp³-hybridized carbons (Fsp3) is 0.381. The van der Waals surface area contributed by atoms with Crippen molar-refractivity contribution < 1.29 is 22.7 Å². The Kier molecular flexibility index (Phi) is 6.90. The van der Waals surface area contributed by atoms with Gasteiger partial charge in [-0.2, -0.15) is 4.31 Å². The molecule has 0 aliphatic carbocycles. The zero-order valence-electron chi connectivity index (χ0n) is 16.7. The molecule has 1 aliphatic rings. The average Bonchev–Trinajstić information content (AvgIpc) is 2.73. The maximum Gasteiger partial charge on any atom is 0.243 e. The van der Waals surface area contributed by atoms with Gasteiger partial charge >= 0.3 is 0 Å². The van der Waals surface area contributed by atoms with Crippen molar-refractivity contribution in [3.8, 4) is 11.5 Å². The summed E-state index contributed by atoms with van der Waals surface area (Å²) in [6, 6.07) is 13.3. The minimum Gasteiger partial charge on any atom is -0.497 e. The number of halogens is 1. The van der Waals surface area contributed by atoms with Gasteiger partial charge in [0, 0.05) is 36.0 Å². The minimum atomic E-state index is -3.66. The van der Waals surface area contributed by atoms with Crippen LogP contribution in [0.2, 0.25) is 5.02 Å². The molecule has 0 radical (unpaired) electrons. The number of nitrogens with zero attached hydrogens (tertiary/aromatic N) is 1. The van der Waals surface area contributed by atoms with E-state index in [4.69, 9.17) is 26.8 Å². The van der Waals surface area contributed by atoms with Crippen molar-refractivity contribution in [3.05, 3.63) is 53.6 Å². The molecule has 2 N–H and O–H groups in total. The number of carbonyl (C=O) groups is 1. The predicted molar refractivity (Wildman–Crippen MR) is 114 cm³/mol. The van der Waals surface area contributed by atoms with Crippen molar-refractivity contribution in [2.24, 2.45) is 11.1 Å². The monoisotopic (exact) mass is 452 g/mol. The maximum atomic E-state index is 13.0. The molecule has 3 rings (SSSR count). The van der Waals surface area contributed by atoms with Gasteiger partial charge in [-0.3, -0.25) is 4.79 Å². The van der Waals surface area contributed by atoms with E-state index >= 15 is 0 Å². The molecule has 2 aromatic rings. The highest BCUT2D eigenvalue weighted by Gasteiger charge is 2.40. The summed E-state index contributed by atoms with van der Waals surface area (Å²) in [7, 11) is -2.17. The summed E-state index contributed by atoms with van der Waals surface area (Å²) in [5.74, 6) is 0.681. The molecule has 0 bridgehead atoms. The van der Waals surface area contributed by atoms with Crippen molar-refractivity contribution in [3.63, 3.8) is 0 Å². The molecule has 1 saturated heterocycles. The van der Waals surface area contributed by atoms with Gasteiger partial charge in [0.2, 0.25) is 15.9 Å². The van der Waals surface area contributed by atoms with Crippen LogP contribution in [0.4, 0.5) is 0 Å². The van der Waals surface area contributed by atoms with Crippen molar-refractivity contribution >= 4 is 27.5 Å². The lowest BCUT2D eigenvalue weighted by atomic mass is 9.76. The van der Waals surface area contributed by atoms with Crippen LogP contribution in [0.5, 0.6) is 11.5 Å². The van der Waals surface area contributed by atoms with Crippen LogP contribution in [0.25, 0.3) is 0 Å². The third-order valence-electron chi connectivity index (χ3n) is 5.37. The number of hydrogen-bond donors (Lipinski definition) is 1. The smallest absolute Gasteiger partial charge is 0.243 e. The zero-order chi connectivity index (χ0) is 21.8. The number of piperidine rings is 1. The Labute approximate surface area is 181 Å². The van der Waals surface area contributed by atoms with E-state index < -0.39 is 21.3 Å². The van der Waals surface area contributed by atoms with Gasteiger partial charge in [0.1, 0.15) is 11.5 Å². The Balaban J connectivity index is 1.72. The van der Waals surface area contributed by atoms with Crippen LogP contribution in [-0.4, -0.2) is 45.4 Å². The lowest BCUT2D eigenvalue weighted by Crippen LogP contribution is -2.47. The third kappa shape index (κ3) is 5.24. The van der Waals surface area contributed by atoms with E-state index in [1.165, 1.54) is 17.5 Å². The Hall–Kier alpha value is -2.29. The molecule has 30 heavy (non-hydrogen) atoms. The second-order valence-electron chi connectivity index (χ2n) is 7.47. The molecule has 0 aromatic heterocycles. The van der Waals surface area contributed by atoms with Gasteiger partial charge in [0.15, 0.2) is 0 Å². The number of rotatable bonds is 8. The summed E-state index contributed by atoms with van der Waals surface area (Å²) >= 11 is 5.90. The number of ether oxygens (including phenoxy) is 2. The Morgan fingerprint density at radius 3 is 2.40 bits per heavy atom. The lowest BCUT2D eigenvalue weighted by Gasteiger charge is -2.40. The topological polar surface area (TPSA) is 98.9 Å². The summed E-state index contributed by atoms with van der Waals surface area (Å²) < 4.78 is 38.5. The van der Waals surface area contributed by atoms with E-state index in [1.54, 1.807) is 42.5 Å². The van der Waals surface area contributed by atoms with Gasteiger partial charge in [0.25, 0.3) is 0 Å². The van der Waals surface area contributed by atoms with Crippen LogP contribution in [0.1, 0.15) is 19.3 Å². The van der Waals surface area contributed by atoms with E-state index in [9.17, 15) is 13.2 Å². The van der Waals surface area contributed by atoms with E-state index in [2.05, 4.69) is 0 Å². The molecular weight excluding hydrogens is 428 g/mol. The molecule has 1 fully saturated rings. The molecule has 0 spiro atoms. The zero-order valence-corrected chi connectivity index (χ0v) is 18.3. The van der Waals surface area contributed by atoms with Crippen molar-refractivity contribution in [2.45, 2.75) is 24.2 Å². The van der Waals surface area contributed by atoms with Crippen LogP contribution >= 0.6 is 11.6 Å². The fourth-order valence-corrected chi connectivity index (χ4v) is 5.22.